The maximum Gasteiger partial charge on any atom is 0.212 e. The molecular weight excluding hydrogens is 409 g/mol. The van der Waals surface area contributed by atoms with E-state index in [1.54, 1.807) is 24.3 Å². The number of nitrogens with zero attached hydrogens (tertiary/aromatic N) is 1. The molecule has 8 heteroatoms. The van der Waals surface area contributed by atoms with E-state index in [1.165, 1.54) is 37.6 Å². The van der Waals surface area contributed by atoms with Gasteiger partial charge < -0.3 is 9.15 Å². The molecule has 0 amide bonds. The number of methoxy groups -OCH3 is 1. The third-order valence-corrected chi connectivity index (χ3v) is 5.76. The molecule has 30 heavy (non-hydrogen) atoms. The zero-order valence-electron chi connectivity index (χ0n) is 16.0. The van der Waals surface area contributed by atoms with Crippen LogP contribution in [0, 0.1) is 5.82 Å². The summed E-state index contributed by atoms with van der Waals surface area (Å²) in [5.74, 6) is 0.0408. The highest BCUT2D eigenvalue weighted by Gasteiger charge is 2.19. The Morgan fingerprint density at radius 2 is 1.70 bits per heavy atom. The lowest BCUT2D eigenvalue weighted by atomic mass is 9.99. The number of sulfone groups is 1. The Bertz CT molecular complexity index is 1410. The minimum Gasteiger partial charge on any atom is -0.481 e. The summed E-state index contributed by atoms with van der Waals surface area (Å²) in [6.07, 6.45) is 2.58. The van der Waals surface area contributed by atoms with Crippen LogP contribution >= 0.6 is 0 Å². The van der Waals surface area contributed by atoms with Gasteiger partial charge in [-0.25, -0.2) is 17.8 Å². The van der Waals surface area contributed by atoms with Crippen LogP contribution in [0.25, 0.3) is 33.4 Å². The molecule has 0 bridgehead atoms. The molecule has 0 spiro atoms. The summed E-state index contributed by atoms with van der Waals surface area (Å²) in [5, 5.41) is 0.0947. The van der Waals surface area contributed by atoms with Crippen LogP contribution in [0.3, 0.4) is 0 Å². The number of hydrogen-bond acceptors (Lipinski definition) is 6. The fourth-order valence-corrected chi connectivity index (χ4v) is 3.77. The molecule has 0 unspecified atom stereocenters. The van der Waals surface area contributed by atoms with Crippen molar-refractivity contribution in [2.24, 2.45) is 0 Å². The minimum atomic E-state index is -3.38. The van der Waals surface area contributed by atoms with Crippen molar-refractivity contribution in [3.63, 3.8) is 0 Å². The van der Waals surface area contributed by atoms with E-state index in [0.717, 1.165) is 12.3 Å². The zero-order valence-corrected chi connectivity index (χ0v) is 16.9. The van der Waals surface area contributed by atoms with E-state index in [9.17, 15) is 17.6 Å². The number of ether oxygens (including phenoxy) is 1. The summed E-state index contributed by atoms with van der Waals surface area (Å²) in [4.78, 5) is 17.6. The molecule has 4 aromatic rings. The van der Waals surface area contributed by atoms with Gasteiger partial charge in [-0.2, -0.15) is 0 Å². The number of halogens is 1. The lowest BCUT2D eigenvalue weighted by Crippen LogP contribution is -2.08. The molecule has 0 atom stereocenters. The molecule has 0 saturated carbocycles. The molecule has 0 aliphatic heterocycles. The van der Waals surface area contributed by atoms with Crippen molar-refractivity contribution < 1.29 is 22.0 Å². The second-order valence-electron chi connectivity index (χ2n) is 6.66. The standard InChI is InChI=1S/C22H16FNO5S/c1-28-19-10-5-14(12-24-19)20-21(25)17-11-15(23)6-9-18(17)29-22(20)13-3-7-16(8-4-13)30(2,26)27/h3-12H,1-2H3. The first-order valence-electron chi connectivity index (χ1n) is 8.85. The van der Waals surface area contributed by atoms with Crippen LogP contribution in [0.5, 0.6) is 5.88 Å². The number of benzene rings is 2. The number of aromatic nitrogens is 1. The van der Waals surface area contributed by atoms with Crippen LogP contribution in [0.15, 0.2) is 74.9 Å². The van der Waals surface area contributed by atoms with Crippen molar-refractivity contribution in [1.29, 1.82) is 0 Å². The van der Waals surface area contributed by atoms with Crippen LogP contribution in [0.1, 0.15) is 0 Å². The topological polar surface area (TPSA) is 86.5 Å². The van der Waals surface area contributed by atoms with E-state index >= 15 is 0 Å². The van der Waals surface area contributed by atoms with Crippen molar-refractivity contribution in [3.05, 3.63) is 76.8 Å². The molecule has 2 aromatic carbocycles. The Kier molecular flexibility index (Phi) is 4.87. The first kappa shape index (κ1) is 19.8. The summed E-state index contributed by atoms with van der Waals surface area (Å²) >= 11 is 0. The lowest BCUT2D eigenvalue weighted by Gasteiger charge is -2.11. The first-order valence-corrected chi connectivity index (χ1v) is 10.7. The van der Waals surface area contributed by atoms with E-state index in [0.29, 0.717) is 17.0 Å². The van der Waals surface area contributed by atoms with Crippen LogP contribution in [0.2, 0.25) is 0 Å². The average Bonchev–Trinajstić information content (AvgIpc) is 2.74. The highest BCUT2D eigenvalue weighted by Crippen LogP contribution is 2.33. The van der Waals surface area contributed by atoms with Gasteiger partial charge in [-0.05, 0) is 48.5 Å². The Balaban J connectivity index is 2.02. The average molecular weight is 425 g/mol. The van der Waals surface area contributed by atoms with Gasteiger partial charge in [0.2, 0.25) is 11.3 Å². The van der Waals surface area contributed by atoms with E-state index in [-0.39, 0.29) is 27.2 Å². The second-order valence-corrected chi connectivity index (χ2v) is 8.68. The molecule has 2 heterocycles. The fourth-order valence-electron chi connectivity index (χ4n) is 3.14. The molecule has 0 aliphatic carbocycles. The zero-order chi connectivity index (χ0) is 21.5. The smallest absolute Gasteiger partial charge is 0.212 e. The van der Waals surface area contributed by atoms with E-state index < -0.39 is 21.1 Å². The Hall–Kier alpha value is -3.52. The molecule has 0 aliphatic rings. The summed E-state index contributed by atoms with van der Waals surface area (Å²) in [6, 6.07) is 13.0. The third-order valence-electron chi connectivity index (χ3n) is 4.63. The number of hydrogen-bond donors (Lipinski definition) is 0. The molecular formula is C22H16FNO5S. The van der Waals surface area contributed by atoms with Gasteiger partial charge >= 0.3 is 0 Å². The van der Waals surface area contributed by atoms with E-state index in [1.807, 2.05) is 0 Å². The molecule has 0 N–H and O–H groups in total. The molecule has 0 radical (unpaired) electrons. The molecule has 152 valence electrons. The summed E-state index contributed by atoms with van der Waals surface area (Å²) in [5.41, 5.74) is 0.934. The van der Waals surface area contributed by atoms with Gasteiger partial charge in [-0.3, -0.25) is 4.79 Å². The Morgan fingerprint density at radius 3 is 2.30 bits per heavy atom. The maximum atomic E-state index is 13.8. The molecule has 4 rings (SSSR count). The van der Waals surface area contributed by atoms with Crippen molar-refractivity contribution in [3.8, 4) is 28.3 Å². The number of fused-ring (bicyclic) bond motifs is 1. The quantitative estimate of drug-likeness (QED) is 0.490. The molecule has 0 fully saturated rings. The fraction of sp³-hybridized carbons (Fsp3) is 0.0909. The maximum absolute atomic E-state index is 13.8. The van der Waals surface area contributed by atoms with Crippen LogP contribution in [-0.4, -0.2) is 26.8 Å². The lowest BCUT2D eigenvalue weighted by molar-refractivity contribution is 0.398. The monoisotopic (exact) mass is 425 g/mol. The second kappa shape index (κ2) is 7.38. The highest BCUT2D eigenvalue weighted by atomic mass is 32.2. The van der Waals surface area contributed by atoms with Crippen LogP contribution in [-0.2, 0) is 9.84 Å². The van der Waals surface area contributed by atoms with Gasteiger partial charge in [0, 0.05) is 29.6 Å². The SMILES string of the molecule is COc1ccc(-c2c(-c3ccc(S(C)(=O)=O)cc3)oc3ccc(F)cc3c2=O)cn1. The van der Waals surface area contributed by atoms with Gasteiger partial charge in [0.1, 0.15) is 17.2 Å². The van der Waals surface area contributed by atoms with Crippen molar-refractivity contribution in [2.45, 2.75) is 4.90 Å². The first-order chi connectivity index (χ1) is 14.3. The van der Waals surface area contributed by atoms with Gasteiger partial charge in [0.15, 0.2) is 9.84 Å². The normalized spacial score (nSPS) is 11.6. The van der Waals surface area contributed by atoms with E-state index in [4.69, 9.17) is 9.15 Å². The highest BCUT2D eigenvalue weighted by molar-refractivity contribution is 7.90. The number of rotatable bonds is 4. The molecule has 6 nitrogen and oxygen atoms in total. The summed E-state index contributed by atoms with van der Waals surface area (Å²) in [6.45, 7) is 0. The molecule has 0 saturated heterocycles. The van der Waals surface area contributed by atoms with Gasteiger partial charge in [0.05, 0.1) is 23.0 Å². The van der Waals surface area contributed by atoms with Crippen molar-refractivity contribution >= 4 is 20.8 Å². The van der Waals surface area contributed by atoms with Gasteiger partial charge in [-0.1, -0.05) is 0 Å². The van der Waals surface area contributed by atoms with Crippen LogP contribution in [0.4, 0.5) is 4.39 Å². The summed E-state index contributed by atoms with van der Waals surface area (Å²) < 4.78 is 48.3. The van der Waals surface area contributed by atoms with Crippen molar-refractivity contribution in [1.82, 2.24) is 4.98 Å². The minimum absolute atomic E-state index is 0.0947. The predicted molar refractivity (Wildman–Crippen MR) is 111 cm³/mol. The van der Waals surface area contributed by atoms with Gasteiger partial charge in [0.25, 0.3) is 0 Å². The van der Waals surface area contributed by atoms with E-state index in [2.05, 4.69) is 4.98 Å². The van der Waals surface area contributed by atoms with Crippen LogP contribution < -0.4 is 10.2 Å². The van der Waals surface area contributed by atoms with Gasteiger partial charge in [-0.15, -0.1) is 0 Å². The Labute approximate surface area is 171 Å². The number of pyridine rings is 1. The van der Waals surface area contributed by atoms with Crippen molar-refractivity contribution in [2.75, 3.05) is 13.4 Å². The third kappa shape index (κ3) is 3.57. The summed E-state index contributed by atoms with van der Waals surface area (Å²) in [7, 11) is -1.90. The predicted octanol–water partition coefficient (Wildman–Crippen LogP) is 4.07. The largest absolute Gasteiger partial charge is 0.481 e. The Morgan fingerprint density at radius 1 is 1.00 bits per heavy atom. The molecule has 2 aromatic heterocycles.